The summed E-state index contributed by atoms with van der Waals surface area (Å²) >= 11 is 0. The average molecular weight is 383 g/mol. The summed E-state index contributed by atoms with van der Waals surface area (Å²) in [6, 6.07) is 7.28. The number of Topliss-reactive ketones (excluding diaryl/α,β-unsaturated/α-hetero) is 1. The summed E-state index contributed by atoms with van der Waals surface area (Å²) in [5.74, 6) is -0.894. The number of benzene rings is 1. The molecule has 1 atom stereocenters. The molecule has 1 aromatic carbocycles. The summed E-state index contributed by atoms with van der Waals surface area (Å²) in [6.07, 6.45) is 0.298. The minimum atomic E-state index is -0.574. The fraction of sp³-hybridized carbons (Fsp3) is 0.455. The summed E-state index contributed by atoms with van der Waals surface area (Å²) in [6.45, 7) is 6.94. The Morgan fingerprint density at radius 1 is 1.29 bits per heavy atom. The highest BCUT2D eigenvalue weighted by Crippen LogP contribution is 2.42. The van der Waals surface area contributed by atoms with Crippen molar-refractivity contribution in [2.75, 3.05) is 27.2 Å². The second-order valence-electron chi connectivity index (χ2n) is 8.20. The van der Waals surface area contributed by atoms with Gasteiger partial charge in [-0.25, -0.2) is 0 Å². The third-order valence-electron chi connectivity index (χ3n) is 5.20. The first-order valence-corrected chi connectivity index (χ1v) is 9.71. The van der Waals surface area contributed by atoms with Crippen LogP contribution in [-0.4, -0.2) is 58.8 Å². The molecule has 3 rings (SSSR count). The molecule has 1 aromatic heterocycles. The van der Waals surface area contributed by atoms with Gasteiger partial charge in [-0.3, -0.25) is 9.59 Å². The number of fused-ring (bicyclic) bond motifs is 1. The van der Waals surface area contributed by atoms with Crippen molar-refractivity contribution < 1.29 is 14.7 Å². The van der Waals surface area contributed by atoms with Crippen molar-refractivity contribution in [1.29, 1.82) is 0 Å². The van der Waals surface area contributed by atoms with Crippen molar-refractivity contribution >= 4 is 22.6 Å². The first-order chi connectivity index (χ1) is 13.2. The highest BCUT2D eigenvalue weighted by atomic mass is 16.3. The lowest BCUT2D eigenvalue weighted by atomic mass is 9.90. The van der Waals surface area contributed by atoms with Gasteiger partial charge in [0.2, 0.25) is 0 Å². The maximum atomic E-state index is 13.0. The zero-order valence-corrected chi connectivity index (χ0v) is 17.2. The lowest BCUT2D eigenvalue weighted by Gasteiger charge is -2.28. The fourth-order valence-corrected chi connectivity index (χ4v) is 3.91. The Morgan fingerprint density at radius 3 is 2.61 bits per heavy atom. The van der Waals surface area contributed by atoms with E-state index in [4.69, 9.17) is 0 Å². The second-order valence-corrected chi connectivity index (χ2v) is 8.20. The summed E-state index contributed by atoms with van der Waals surface area (Å²) in [5, 5.41) is 11.6. The van der Waals surface area contributed by atoms with Crippen LogP contribution in [0, 0.1) is 12.8 Å². The largest absolute Gasteiger partial charge is 0.503 e. The summed E-state index contributed by atoms with van der Waals surface area (Å²) in [7, 11) is 3.87. The van der Waals surface area contributed by atoms with Crippen LogP contribution in [0.4, 0.5) is 0 Å². The number of aliphatic hydroxyl groups is 1. The second kappa shape index (κ2) is 7.80. The molecule has 1 aliphatic heterocycles. The summed E-state index contributed by atoms with van der Waals surface area (Å²) in [4.78, 5) is 32.9. The number of aliphatic hydroxyl groups excluding tert-OH is 1. The molecule has 28 heavy (non-hydrogen) atoms. The van der Waals surface area contributed by atoms with Crippen LogP contribution in [0.2, 0.25) is 0 Å². The van der Waals surface area contributed by atoms with Gasteiger partial charge < -0.3 is 19.9 Å². The number of hydrogen-bond donors (Lipinski definition) is 2. The fourth-order valence-electron chi connectivity index (χ4n) is 3.91. The van der Waals surface area contributed by atoms with Crippen molar-refractivity contribution in [3.8, 4) is 0 Å². The molecule has 1 unspecified atom stereocenters. The number of aromatic amines is 1. The molecule has 2 N–H and O–H groups in total. The van der Waals surface area contributed by atoms with Gasteiger partial charge in [-0.05, 0) is 33.0 Å². The molecule has 0 bridgehead atoms. The molecule has 2 heterocycles. The minimum Gasteiger partial charge on any atom is -0.503 e. The van der Waals surface area contributed by atoms with Gasteiger partial charge in [0.05, 0.1) is 11.6 Å². The SMILES string of the molecule is Cc1[nH]c2ccccc2c1C1C(C(=O)CC(C)C)=C(O)C(=O)N1CCN(C)C. The number of nitrogens with one attached hydrogen (secondary N) is 1. The van der Waals surface area contributed by atoms with Crippen molar-refractivity contribution in [1.82, 2.24) is 14.8 Å². The van der Waals surface area contributed by atoms with E-state index in [9.17, 15) is 14.7 Å². The van der Waals surface area contributed by atoms with Gasteiger partial charge in [-0.1, -0.05) is 32.0 Å². The van der Waals surface area contributed by atoms with Gasteiger partial charge >= 0.3 is 0 Å². The number of H-pyrrole nitrogens is 1. The third-order valence-corrected chi connectivity index (χ3v) is 5.20. The number of aryl methyl sites for hydroxylation is 1. The molecule has 0 radical (unpaired) electrons. The number of likely N-dealkylation sites (N-methyl/N-ethyl adjacent to an activating group) is 1. The van der Waals surface area contributed by atoms with E-state index < -0.39 is 17.7 Å². The first kappa shape index (κ1) is 20.1. The van der Waals surface area contributed by atoms with Crippen LogP contribution >= 0.6 is 0 Å². The van der Waals surface area contributed by atoms with E-state index in [1.807, 2.05) is 64.0 Å². The molecule has 1 aliphatic rings. The number of nitrogens with zero attached hydrogens (tertiary/aromatic N) is 2. The van der Waals surface area contributed by atoms with E-state index in [1.54, 1.807) is 4.90 Å². The van der Waals surface area contributed by atoms with Gasteiger partial charge in [0.1, 0.15) is 0 Å². The number of aromatic nitrogens is 1. The predicted molar refractivity (Wildman–Crippen MR) is 110 cm³/mol. The van der Waals surface area contributed by atoms with Crippen molar-refractivity contribution in [2.24, 2.45) is 5.92 Å². The smallest absolute Gasteiger partial charge is 0.290 e. The summed E-state index contributed by atoms with van der Waals surface area (Å²) in [5.41, 5.74) is 2.97. The topological polar surface area (TPSA) is 76.6 Å². The summed E-state index contributed by atoms with van der Waals surface area (Å²) < 4.78 is 0. The van der Waals surface area contributed by atoms with E-state index in [2.05, 4.69) is 4.98 Å². The molecule has 6 nitrogen and oxygen atoms in total. The Labute approximate surface area is 165 Å². The maximum Gasteiger partial charge on any atom is 0.290 e. The van der Waals surface area contributed by atoms with E-state index in [0.717, 1.165) is 22.2 Å². The molecular formula is C22H29N3O3. The Bertz CT molecular complexity index is 940. The molecule has 0 spiro atoms. The number of hydrogen-bond acceptors (Lipinski definition) is 4. The predicted octanol–water partition coefficient (Wildman–Crippen LogP) is 3.35. The van der Waals surface area contributed by atoms with Crippen molar-refractivity contribution in [3.05, 3.63) is 46.9 Å². The Kier molecular flexibility index (Phi) is 5.61. The lowest BCUT2D eigenvalue weighted by molar-refractivity contribution is -0.129. The average Bonchev–Trinajstić information content (AvgIpc) is 3.06. The zero-order valence-electron chi connectivity index (χ0n) is 17.2. The van der Waals surface area contributed by atoms with Crippen LogP contribution in [0.1, 0.15) is 37.6 Å². The molecule has 0 saturated heterocycles. The molecule has 1 amide bonds. The van der Waals surface area contributed by atoms with Crippen molar-refractivity contribution in [2.45, 2.75) is 33.2 Å². The van der Waals surface area contributed by atoms with E-state index >= 15 is 0 Å². The highest BCUT2D eigenvalue weighted by Gasteiger charge is 2.44. The van der Waals surface area contributed by atoms with Crippen LogP contribution in [-0.2, 0) is 9.59 Å². The van der Waals surface area contributed by atoms with Crippen LogP contribution in [0.3, 0.4) is 0 Å². The maximum absolute atomic E-state index is 13.0. The highest BCUT2D eigenvalue weighted by molar-refractivity contribution is 6.09. The Hall–Kier alpha value is -2.60. The molecule has 0 aliphatic carbocycles. The molecule has 6 heteroatoms. The monoisotopic (exact) mass is 383 g/mol. The van der Waals surface area contributed by atoms with Crippen LogP contribution in [0.25, 0.3) is 10.9 Å². The van der Waals surface area contributed by atoms with E-state index in [-0.39, 0.29) is 17.3 Å². The molecule has 0 saturated carbocycles. The number of carbonyl (C=O) groups excluding carboxylic acids is 2. The van der Waals surface area contributed by atoms with Gasteiger partial charge in [0.15, 0.2) is 11.5 Å². The van der Waals surface area contributed by atoms with Gasteiger partial charge in [-0.15, -0.1) is 0 Å². The number of ketones is 1. The Morgan fingerprint density at radius 2 is 1.96 bits per heavy atom. The first-order valence-electron chi connectivity index (χ1n) is 9.71. The standard InChI is InChI=1S/C22H29N3O3/c1-13(2)12-17(26)19-20(25(11-10-24(4)5)22(28)21(19)27)18-14(3)23-16-9-7-6-8-15(16)18/h6-9,13,20,23,27H,10-12H2,1-5H3. The van der Waals surface area contributed by atoms with Crippen LogP contribution in [0.15, 0.2) is 35.6 Å². The third kappa shape index (κ3) is 3.56. The molecular weight excluding hydrogens is 354 g/mol. The number of amides is 1. The number of rotatable bonds is 7. The van der Waals surface area contributed by atoms with E-state index in [0.29, 0.717) is 19.5 Å². The molecule has 150 valence electrons. The van der Waals surface area contributed by atoms with Gasteiger partial charge in [0.25, 0.3) is 5.91 Å². The number of carbonyl (C=O) groups is 2. The molecule has 2 aromatic rings. The van der Waals surface area contributed by atoms with Gasteiger partial charge in [0, 0.05) is 41.7 Å². The van der Waals surface area contributed by atoms with Crippen LogP contribution in [0.5, 0.6) is 0 Å². The lowest BCUT2D eigenvalue weighted by Crippen LogP contribution is -2.36. The molecule has 0 fully saturated rings. The van der Waals surface area contributed by atoms with Crippen molar-refractivity contribution in [3.63, 3.8) is 0 Å². The van der Waals surface area contributed by atoms with E-state index in [1.165, 1.54) is 0 Å². The Balaban J connectivity index is 2.15. The normalized spacial score (nSPS) is 17.6. The zero-order chi connectivity index (χ0) is 20.6. The van der Waals surface area contributed by atoms with Gasteiger partial charge in [-0.2, -0.15) is 0 Å². The minimum absolute atomic E-state index is 0.142. The van der Waals surface area contributed by atoms with Crippen LogP contribution < -0.4 is 0 Å². The number of para-hydroxylation sites is 1. The quantitative estimate of drug-likeness (QED) is 0.769.